The van der Waals surface area contributed by atoms with E-state index in [1.54, 1.807) is 55.5 Å². The number of ether oxygens (including phenoxy) is 2. The van der Waals surface area contributed by atoms with Gasteiger partial charge in [0.05, 0.1) is 6.10 Å². The van der Waals surface area contributed by atoms with E-state index in [0.29, 0.717) is 23.5 Å². The largest absolute Gasteiger partial charge is 0.491 e. The molecule has 1 aliphatic heterocycles. The van der Waals surface area contributed by atoms with E-state index in [2.05, 4.69) is 5.32 Å². The summed E-state index contributed by atoms with van der Waals surface area (Å²) in [4.78, 5) is 24.9. The van der Waals surface area contributed by atoms with Crippen LogP contribution in [0, 0.1) is 0 Å². The number of benzene rings is 2. The first-order valence-electron chi connectivity index (χ1n) is 9.51. The molecule has 0 radical (unpaired) electrons. The first kappa shape index (κ1) is 19.9. The van der Waals surface area contributed by atoms with Gasteiger partial charge in [-0.05, 0) is 43.0 Å². The van der Waals surface area contributed by atoms with Crippen molar-refractivity contribution in [1.82, 2.24) is 5.32 Å². The van der Waals surface area contributed by atoms with Crippen molar-refractivity contribution in [2.24, 2.45) is 0 Å². The number of rotatable bonds is 8. The van der Waals surface area contributed by atoms with E-state index in [4.69, 9.17) is 9.47 Å². The van der Waals surface area contributed by atoms with Crippen molar-refractivity contribution in [3.8, 4) is 5.75 Å². The van der Waals surface area contributed by atoms with Crippen LogP contribution in [0.25, 0.3) is 0 Å². The van der Waals surface area contributed by atoms with Crippen molar-refractivity contribution < 1.29 is 24.2 Å². The average molecular weight is 383 g/mol. The fraction of sp³-hybridized carbons (Fsp3) is 0.364. The third-order valence-corrected chi connectivity index (χ3v) is 5.05. The third-order valence-electron chi connectivity index (χ3n) is 5.05. The van der Waals surface area contributed by atoms with Crippen molar-refractivity contribution in [2.75, 3.05) is 13.2 Å². The van der Waals surface area contributed by atoms with Crippen LogP contribution in [0.5, 0.6) is 5.75 Å². The standard InChI is InChI=1S/C22H25NO5/c1-2-22(21(25)26,17-9-4-3-5-10-17)23-20(24)16-8-6-11-18(14-16)28-15-19-12-7-13-27-19/h3-6,8-11,14,19H,2,7,12-13,15H2,1H3,(H,23,24)(H,25,26). The monoisotopic (exact) mass is 383 g/mol. The predicted octanol–water partition coefficient (Wildman–Crippen LogP) is 3.36. The van der Waals surface area contributed by atoms with Gasteiger partial charge in [0.1, 0.15) is 12.4 Å². The number of aliphatic carboxylic acids is 1. The summed E-state index contributed by atoms with van der Waals surface area (Å²) < 4.78 is 11.3. The Labute approximate surface area is 164 Å². The molecule has 1 aliphatic rings. The fourth-order valence-corrected chi connectivity index (χ4v) is 3.37. The molecule has 1 saturated heterocycles. The number of amides is 1. The molecular formula is C22H25NO5. The molecule has 1 amide bonds. The van der Waals surface area contributed by atoms with E-state index in [0.717, 1.165) is 19.4 Å². The van der Waals surface area contributed by atoms with Gasteiger partial charge in [0.2, 0.25) is 0 Å². The highest BCUT2D eigenvalue weighted by Crippen LogP contribution is 2.26. The second-order valence-electron chi connectivity index (χ2n) is 6.86. The third kappa shape index (κ3) is 4.34. The van der Waals surface area contributed by atoms with Gasteiger partial charge in [0, 0.05) is 12.2 Å². The first-order valence-corrected chi connectivity index (χ1v) is 9.51. The smallest absolute Gasteiger partial charge is 0.334 e. The molecule has 1 heterocycles. The Hall–Kier alpha value is -2.86. The van der Waals surface area contributed by atoms with Gasteiger partial charge < -0.3 is 19.9 Å². The SMILES string of the molecule is CCC(NC(=O)c1cccc(OCC2CCCO2)c1)(C(=O)O)c1ccccc1. The minimum atomic E-state index is -1.49. The number of carboxylic acids is 1. The van der Waals surface area contributed by atoms with Crippen LogP contribution in [0.1, 0.15) is 42.1 Å². The molecule has 0 bridgehead atoms. The van der Waals surface area contributed by atoms with Crippen LogP contribution < -0.4 is 10.1 Å². The summed E-state index contributed by atoms with van der Waals surface area (Å²) in [5.41, 5.74) is -0.614. The number of hydrogen-bond donors (Lipinski definition) is 2. The number of hydrogen-bond acceptors (Lipinski definition) is 4. The lowest BCUT2D eigenvalue weighted by Gasteiger charge is -2.30. The second-order valence-corrected chi connectivity index (χ2v) is 6.86. The molecular weight excluding hydrogens is 358 g/mol. The van der Waals surface area contributed by atoms with Gasteiger partial charge in [-0.2, -0.15) is 0 Å². The van der Waals surface area contributed by atoms with E-state index >= 15 is 0 Å². The summed E-state index contributed by atoms with van der Waals surface area (Å²) in [6, 6.07) is 15.5. The fourth-order valence-electron chi connectivity index (χ4n) is 3.37. The average Bonchev–Trinajstić information content (AvgIpc) is 3.24. The van der Waals surface area contributed by atoms with Crippen LogP contribution in [-0.4, -0.2) is 36.3 Å². The van der Waals surface area contributed by atoms with Gasteiger partial charge in [-0.1, -0.05) is 43.3 Å². The molecule has 2 atom stereocenters. The summed E-state index contributed by atoms with van der Waals surface area (Å²) in [6.07, 6.45) is 2.29. The Morgan fingerprint density at radius 3 is 2.64 bits per heavy atom. The van der Waals surface area contributed by atoms with E-state index in [9.17, 15) is 14.7 Å². The molecule has 2 unspecified atom stereocenters. The second kappa shape index (κ2) is 8.89. The van der Waals surface area contributed by atoms with Crippen molar-refractivity contribution in [2.45, 2.75) is 37.8 Å². The molecule has 0 spiro atoms. The Morgan fingerprint density at radius 1 is 1.21 bits per heavy atom. The number of nitrogens with one attached hydrogen (secondary N) is 1. The predicted molar refractivity (Wildman–Crippen MR) is 104 cm³/mol. The zero-order valence-electron chi connectivity index (χ0n) is 15.9. The van der Waals surface area contributed by atoms with E-state index < -0.39 is 17.4 Å². The molecule has 3 rings (SSSR count). The van der Waals surface area contributed by atoms with Crippen LogP contribution in [0.2, 0.25) is 0 Å². The summed E-state index contributed by atoms with van der Waals surface area (Å²) in [5.74, 6) is -1.00. The molecule has 0 saturated carbocycles. The Bertz CT molecular complexity index is 817. The van der Waals surface area contributed by atoms with Gasteiger partial charge >= 0.3 is 5.97 Å². The van der Waals surface area contributed by atoms with Gasteiger partial charge in [-0.25, -0.2) is 4.79 Å². The Balaban J connectivity index is 1.76. The number of carbonyl (C=O) groups is 2. The molecule has 0 aromatic heterocycles. The van der Waals surface area contributed by atoms with E-state index in [1.165, 1.54) is 0 Å². The molecule has 2 N–H and O–H groups in total. The van der Waals surface area contributed by atoms with Crippen LogP contribution in [-0.2, 0) is 15.1 Å². The number of carbonyl (C=O) groups excluding carboxylic acids is 1. The molecule has 28 heavy (non-hydrogen) atoms. The maximum atomic E-state index is 12.9. The molecule has 6 nitrogen and oxygen atoms in total. The maximum Gasteiger partial charge on any atom is 0.334 e. The normalized spacial score (nSPS) is 18.2. The number of carboxylic acid groups (broad SMARTS) is 1. The zero-order valence-corrected chi connectivity index (χ0v) is 15.9. The van der Waals surface area contributed by atoms with Crippen LogP contribution in [0.15, 0.2) is 54.6 Å². The highest BCUT2D eigenvalue weighted by molar-refractivity contribution is 5.98. The first-order chi connectivity index (χ1) is 13.5. The van der Waals surface area contributed by atoms with Crippen LogP contribution in [0.4, 0.5) is 0 Å². The van der Waals surface area contributed by atoms with Crippen molar-refractivity contribution in [1.29, 1.82) is 0 Å². The molecule has 2 aromatic rings. The van der Waals surface area contributed by atoms with E-state index in [1.807, 2.05) is 6.07 Å². The lowest BCUT2D eigenvalue weighted by molar-refractivity contribution is -0.145. The summed E-state index contributed by atoms with van der Waals surface area (Å²) >= 11 is 0. The Morgan fingerprint density at radius 2 is 2.00 bits per heavy atom. The zero-order chi connectivity index (χ0) is 20.0. The summed E-state index contributed by atoms with van der Waals surface area (Å²) in [7, 11) is 0. The van der Waals surface area contributed by atoms with Crippen LogP contribution in [0.3, 0.4) is 0 Å². The molecule has 2 aromatic carbocycles. The van der Waals surface area contributed by atoms with Gasteiger partial charge in [-0.15, -0.1) is 0 Å². The minimum absolute atomic E-state index is 0.0790. The van der Waals surface area contributed by atoms with Gasteiger partial charge in [0.15, 0.2) is 5.54 Å². The van der Waals surface area contributed by atoms with Crippen molar-refractivity contribution >= 4 is 11.9 Å². The van der Waals surface area contributed by atoms with Crippen LogP contribution >= 0.6 is 0 Å². The lowest BCUT2D eigenvalue weighted by atomic mass is 9.87. The summed E-state index contributed by atoms with van der Waals surface area (Å²) in [6.45, 7) is 2.93. The summed E-state index contributed by atoms with van der Waals surface area (Å²) in [5, 5.41) is 12.6. The minimum Gasteiger partial charge on any atom is -0.491 e. The topological polar surface area (TPSA) is 84.9 Å². The molecule has 1 fully saturated rings. The molecule has 0 aliphatic carbocycles. The van der Waals surface area contributed by atoms with E-state index in [-0.39, 0.29) is 12.5 Å². The quantitative estimate of drug-likeness (QED) is 0.730. The van der Waals surface area contributed by atoms with Gasteiger partial charge in [0.25, 0.3) is 5.91 Å². The highest BCUT2D eigenvalue weighted by Gasteiger charge is 2.40. The van der Waals surface area contributed by atoms with Crippen molar-refractivity contribution in [3.63, 3.8) is 0 Å². The lowest BCUT2D eigenvalue weighted by Crippen LogP contribution is -2.51. The maximum absolute atomic E-state index is 12.9. The van der Waals surface area contributed by atoms with Crippen molar-refractivity contribution in [3.05, 3.63) is 65.7 Å². The molecule has 6 heteroatoms. The highest BCUT2D eigenvalue weighted by atomic mass is 16.5. The van der Waals surface area contributed by atoms with Gasteiger partial charge in [-0.3, -0.25) is 4.79 Å². The Kier molecular flexibility index (Phi) is 6.31. The molecule has 148 valence electrons.